The van der Waals surface area contributed by atoms with Gasteiger partial charge in [0.15, 0.2) is 5.82 Å². The van der Waals surface area contributed by atoms with Gasteiger partial charge in [0.2, 0.25) is 5.95 Å². The zero-order valence-corrected chi connectivity index (χ0v) is 19.2. The highest BCUT2D eigenvalue weighted by Gasteiger charge is 2.24. The van der Waals surface area contributed by atoms with Crippen LogP contribution in [0.25, 0.3) is 11.0 Å². The predicted molar refractivity (Wildman–Crippen MR) is 128 cm³/mol. The van der Waals surface area contributed by atoms with Gasteiger partial charge in [-0.2, -0.15) is 10.1 Å². The van der Waals surface area contributed by atoms with Crippen LogP contribution in [-0.4, -0.2) is 84.9 Å². The number of rotatable bonds is 8. The lowest BCUT2D eigenvalue weighted by molar-refractivity contribution is 0.116. The summed E-state index contributed by atoms with van der Waals surface area (Å²) in [7, 11) is 0. The highest BCUT2D eigenvalue weighted by atomic mass is 16.3. The molecule has 182 valence electrons. The van der Waals surface area contributed by atoms with Gasteiger partial charge in [-0.25, -0.2) is 15.0 Å². The summed E-state index contributed by atoms with van der Waals surface area (Å²) in [6.07, 6.45) is 6.49. The van der Waals surface area contributed by atoms with Crippen LogP contribution in [0.4, 0.5) is 17.6 Å². The number of anilines is 3. The van der Waals surface area contributed by atoms with Crippen molar-refractivity contribution in [3.05, 3.63) is 24.3 Å². The molecular weight excluding hydrogens is 436 g/mol. The third kappa shape index (κ3) is 5.09. The second kappa shape index (κ2) is 10.6. The summed E-state index contributed by atoms with van der Waals surface area (Å²) < 4.78 is 1.77. The molecule has 12 heteroatoms. The second-order valence-electron chi connectivity index (χ2n) is 8.81. The third-order valence-electron chi connectivity index (χ3n) is 6.44. The van der Waals surface area contributed by atoms with Crippen LogP contribution in [-0.2, 0) is 13.1 Å². The molecule has 0 radical (unpaired) electrons. The van der Waals surface area contributed by atoms with Gasteiger partial charge in [-0.15, -0.1) is 0 Å². The Bertz CT molecular complexity index is 1080. The minimum atomic E-state index is -0.188. The lowest BCUT2D eigenvalue weighted by Gasteiger charge is -2.28. The molecule has 0 bridgehead atoms. The van der Waals surface area contributed by atoms with Gasteiger partial charge in [0.05, 0.1) is 19.3 Å². The standard InChI is InChI=1S/C22H32N10O2/c33-12-11-32-20-19(17(30-32)13-25-15-1-3-16(34)4-2-15)28-22(31-9-7-23-8-10-31)29-21(20)27-18-5-6-24-14-26-18/h5-6,14-16,23,25,33-34H,1-4,7-13H2,(H,24,26,27,28,29). The zero-order chi connectivity index (χ0) is 23.3. The van der Waals surface area contributed by atoms with Crippen molar-refractivity contribution in [2.24, 2.45) is 0 Å². The molecule has 5 N–H and O–H groups in total. The van der Waals surface area contributed by atoms with E-state index in [2.05, 4.69) is 30.8 Å². The monoisotopic (exact) mass is 468 g/mol. The quantitative estimate of drug-likeness (QED) is 0.308. The summed E-state index contributed by atoms with van der Waals surface area (Å²) in [6.45, 7) is 4.24. The van der Waals surface area contributed by atoms with Crippen LogP contribution in [0.3, 0.4) is 0 Å². The predicted octanol–water partition coefficient (Wildman–Crippen LogP) is 0.155. The van der Waals surface area contributed by atoms with E-state index in [0.717, 1.165) is 68.6 Å². The Hall–Kier alpha value is -2.93. The SMILES string of the molecule is OCCn1nc(CNC2CCC(O)CC2)c2nc(N3CCNCC3)nc(Nc3ccncn3)c21. The van der Waals surface area contributed by atoms with E-state index in [1.54, 1.807) is 16.9 Å². The van der Waals surface area contributed by atoms with Gasteiger partial charge >= 0.3 is 0 Å². The average molecular weight is 469 g/mol. The Labute approximate surface area is 197 Å². The summed E-state index contributed by atoms with van der Waals surface area (Å²) in [6, 6.07) is 2.13. The van der Waals surface area contributed by atoms with Gasteiger partial charge in [0.25, 0.3) is 0 Å². The van der Waals surface area contributed by atoms with E-state index in [1.165, 1.54) is 6.33 Å². The molecule has 1 saturated heterocycles. The Morgan fingerprint density at radius 1 is 1.12 bits per heavy atom. The minimum absolute atomic E-state index is 0.0450. The smallest absolute Gasteiger partial charge is 0.228 e. The third-order valence-corrected chi connectivity index (χ3v) is 6.44. The summed E-state index contributed by atoms with van der Waals surface area (Å²) >= 11 is 0. The van der Waals surface area contributed by atoms with Crippen LogP contribution in [0.2, 0.25) is 0 Å². The fraction of sp³-hybridized carbons (Fsp3) is 0.591. The minimum Gasteiger partial charge on any atom is -0.394 e. The summed E-state index contributed by atoms with van der Waals surface area (Å²) in [5.74, 6) is 1.87. The molecule has 2 fully saturated rings. The first kappa shape index (κ1) is 22.8. The Morgan fingerprint density at radius 3 is 2.68 bits per heavy atom. The topological polar surface area (TPSA) is 149 Å². The van der Waals surface area contributed by atoms with Crippen LogP contribution >= 0.6 is 0 Å². The number of nitrogens with one attached hydrogen (secondary N) is 3. The van der Waals surface area contributed by atoms with E-state index in [4.69, 9.17) is 15.1 Å². The largest absolute Gasteiger partial charge is 0.394 e. The van der Waals surface area contributed by atoms with Crippen LogP contribution in [0, 0.1) is 0 Å². The lowest BCUT2D eigenvalue weighted by Crippen LogP contribution is -2.44. The van der Waals surface area contributed by atoms with Crippen LogP contribution in [0.1, 0.15) is 31.4 Å². The average Bonchev–Trinajstić information content (AvgIpc) is 3.22. The van der Waals surface area contributed by atoms with Gasteiger partial charge < -0.3 is 31.1 Å². The van der Waals surface area contributed by atoms with E-state index in [-0.39, 0.29) is 12.7 Å². The zero-order valence-electron chi connectivity index (χ0n) is 19.2. The fourth-order valence-corrected chi connectivity index (χ4v) is 4.61. The Balaban J connectivity index is 1.52. The van der Waals surface area contributed by atoms with Crippen molar-refractivity contribution in [2.45, 2.75) is 50.9 Å². The maximum absolute atomic E-state index is 9.81. The molecule has 2 aliphatic rings. The molecule has 0 atom stereocenters. The molecule has 3 aromatic heterocycles. The fourth-order valence-electron chi connectivity index (χ4n) is 4.61. The molecule has 0 spiro atoms. The Morgan fingerprint density at radius 2 is 1.94 bits per heavy atom. The van der Waals surface area contributed by atoms with Gasteiger partial charge in [0, 0.05) is 45.0 Å². The summed E-state index contributed by atoms with van der Waals surface area (Å²) in [5.41, 5.74) is 2.32. The highest BCUT2D eigenvalue weighted by molar-refractivity contribution is 5.90. The van der Waals surface area contributed by atoms with E-state index in [9.17, 15) is 10.2 Å². The number of piperazine rings is 1. The van der Waals surface area contributed by atoms with E-state index < -0.39 is 0 Å². The van der Waals surface area contributed by atoms with Crippen molar-refractivity contribution in [3.63, 3.8) is 0 Å². The molecule has 1 saturated carbocycles. The number of nitrogens with zero attached hydrogens (tertiary/aromatic N) is 7. The summed E-state index contributed by atoms with van der Waals surface area (Å²) in [4.78, 5) is 20.3. The molecule has 5 rings (SSSR count). The number of hydrogen-bond donors (Lipinski definition) is 5. The van der Waals surface area contributed by atoms with Crippen molar-refractivity contribution in [3.8, 4) is 0 Å². The molecule has 1 aliphatic carbocycles. The molecular formula is C22H32N10O2. The first-order valence-corrected chi connectivity index (χ1v) is 12.0. The van der Waals surface area contributed by atoms with Crippen molar-refractivity contribution in [1.29, 1.82) is 0 Å². The molecule has 1 aliphatic heterocycles. The van der Waals surface area contributed by atoms with Gasteiger partial charge in [-0.1, -0.05) is 0 Å². The van der Waals surface area contributed by atoms with Crippen molar-refractivity contribution in [1.82, 2.24) is 40.3 Å². The normalized spacial score (nSPS) is 21.2. The van der Waals surface area contributed by atoms with Crippen LogP contribution in [0.5, 0.6) is 0 Å². The molecule has 34 heavy (non-hydrogen) atoms. The van der Waals surface area contributed by atoms with Crippen LogP contribution in [0.15, 0.2) is 18.6 Å². The lowest BCUT2D eigenvalue weighted by atomic mass is 9.93. The maximum Gasteiger partial charge on any atom is 0.228 e. The molecule has 4 heterocycles. The first-order chi connectivity index (χ1) is 16.7. The van der Waals surface area contributed by atoms with E-state index in [0.29, 0.717) is 36.7 Å². The van der Waals surface area contributed by atoms with Crippen molar-refractivity contribution >= 4 is 28.6 Å². The molecule has 0 unspecified atom stereocenters. The number of aromatic nitrogens is 6. The van der Waals surface area contributed by atoms with E-state index >= 15 is 0 Å². The number of fused-ring (bicyclic) bond motifs is 1. The highest BCUT2D eigenvalue weighted by Crippen LogP contribution is 2.29. The molecule has 0 aromatic carbocycles. The van der Waals surface area contributed by atoms with Crippen molar-refractivity contribution < 1.29 is 10.2 Å². The van der Waals surface area contributed by atoms with Crippen molar-refractivity contribution in [2.75, 3.05) is 43.0 Å². The number of aliphatic hydroxyl groups is 2. The van der Waals surface area contributed by atoms with Gasteiger partial charge in [-0.3, -0.25) is 4.68 Å². The first-order valence-electron chi connectivity index (χ1n) is 12.0. The van der Waals surface area contributed by atoms with E-state index in [1.807, 2.05) is 0 Å². The van der Waals surface area contributed by atoms with Crippen LogP contribution < -0.4 is 20.9 Å². The molecule has 3 aromatic rings. The number of aliphatic hydroxyl groups excluding tert-OH is 2. The maximum atomic E-state index is 9.81. The van der Waals surface area contributed by atoms with Gasteiger partial charge in [-0.05, 0) is 31.7 Å². The second-order valence-corrected chi connectivity index (χ2v) is 8.81. The number of hydrogen-bond acceptors (Lipinski definition) is 11. The molecule has 12 nitrogen and oxygen atoms in total. The molecule has 0 amide bonds. The van der Waals surface area contributed by atoms with Gasteiger partial charge in [0.1, 0.15) is 28.9 Å². The Kier molecular flexibility index (Phi) is 7.09. The summed E-state index contributed by atoms with van der Waals surface area (Å²) in [5, 5.41) is 34.6.